The average molecular weight is 259 g/mol. The third kappa shape index (κ3) is 6.07. The monoisotopic (exact) mass is 259 g/mol. The average Bonchev–Trinajstić information content (AvgIpc) is 2.32. The summed E-state index contributed by atoms with van der Waals surface area (Å²) < 4.78 is 0. The van der Waals surface area contributed by atoms with Crippen LogP contribution in [0.15, 0.2) is 0 Å². The second-order valence-electron chi connectivity index (χ2n) is 4.01. The van der Waals surface area contributed by atoms with Gasteiger partial charge in [0.05, 0.1) is 5.92 Å². The molecule has 2 unspecified atom stereocenters. The molecule has 0 heterocycles. The van der Waals surface area contributed by atoms with Crippen LogP contribution in [-0.4, -0.2) is 42.6 Å². The first-order valence-corrected chi connectivity index (χ1v) is 5.91. The molecule has 0 saturated heterocycles. The Morgan fingerprint density at radius 3 is 2.33 bits per heavy atom. The zero-order chi connectivity index (χ0) is 14.1. The lowest BCUT2D eigenvalue weighted by atomic mass is 10.0. The number of carboxylic acid groups (broad SMARTS) is 1. The van der Waals surface area contributed by atoms with Crippen LogP contribution in [0.2, 0.25) is 0 Å². The summed E-state index contributed by atoms with van der Waals surface area (Å²) >= 11 is 0. The molecule has 0 saturated carbocycles. The molecule has 2 atom stereocenters. The van der Waals surface area contributed by atoms with Gasteiger partial charge < -0.3 is 21.1 Å². The van der Waals surface area contributed by atoms with Crippen LogP contribution in [0, 0.1) is 5.92 Å². The first-order chi connectivity index (χ1) is 8.42. The van der Waals surface area contributed by atoms with E-state index in [0.717, 1.165) is 6.42 Å². The minimum atomic E-state index is -0.934. The van der Waals surface area contributed by atoms with Crippen molar-refractivity contribution in [3.8, 4) is 0 Å². The van der Waals surface area contributed by atoms with Gasteiger partial charge in [-0.25, -0.2) is 4.79 Å². The molecular weight excluding hydrogens is 238 g/mol. The zero-order valence-electron chi connectivity index (χ0n) is 10.9. The van der Waals surface area contributed by atoms with E-state index in [1.54, 1.807) is 6.92 Å². The summed E-state index contributed by atoms with van der Waals surface area (Å²) in [6.07, 6.45) is 1.23. The normalized spacial score (nSPS) is 13.3. The molecule has 18 heavy (non-hydrogen) atoms. The van der Waals surface area contributed by atoms with Crippen molar-refractivity contribution in [3.05, 3.63) is 0 Å². The summed E-state index contributed by atoms with van der Waals surface area (Å²) in [7, 11) is 1.47. The summed E-state index contributed by atoms with van der Waals surface area (Å²) in [5.74, 6) is -1.85. The van der Waals surface area contributed by atoms with Crippen molar-refractivity contribution < 1.29 is 19.5 Å². The quantitative estimate of drug-likeness (QED) is 0.513. The van der Waals surface area contributed by atoms with E-state index in [9.17, 15) is 14.4 Å². The molecule has 7 nitrogen and oxygen atoms in total. The molecule has 0 radical (unpaired) electrons. The van der Waals surface area contributed by atoms with Gasteiger partial charge in [-0.3, -0.25) is 9.59 Å². The Kier molecular flexibility index (Phi) is 7.50. The minimum absolute atomic E-state index is 0.0511. The van der Waals surface area contributed by atoms with Crippen LogP contribution in [-0.2, 0) is 9.59 Å². The Morgan fingerprint density at radius 1 is 1.28 bits per heavy atom. The Labute approximate surface area is 106 Å². The van der Waals surface area contributed by atoms with Gasteiger partial charge in [-0.05, 0) is 13.3 Å². The van der Waals surface area contributed by atoms with Crippen LogP contribution in [0.1, 0.15) is 26.7 Å². The lowest BCUT2D eigenvalue weighted by Crippen LogP contribution is -2.48. The number of likely N-dealkylation sites (N-methyl/N-ethyl adjacent to an activating group) is 1. The number of carbonyl (C=O) groups is 3. The predicted molar refractivity (Wildman–Crippen MR) is 66.1 cm³/mol. The number of rotatable bonds is 7. The molecule has 3 amide bonds. The van der Waals surface area contributed by atoms with Crippen LogP contribution in [0.25, 0.3) is 0 Å². The van der Waals surface area contributed by atoms with Gasteiger partial charge in [0.1, 0.15) is 6.04 Å². The number of hydrogen-bond donors (Lipinski definition) is 4. The molecule has 0 aromatic carbocycles. The van der Waals surface area contributed by atoms with Crippen molar-refractivity contribution in [1.29, 1.82) is 0 Å². The van der Waals surface area contributed by atoms with Crippen molar-refractivity contribution in [2.24, 2.45) is 5.92 Å². The van der Waals surface area contributed by atoms with E-state index in [1.807, 2.05) is 6.92 Å². The van der Waals surface area contributed by atoms with Gasteiger partial charge >= 0.3 is 12.0 Å². The van der Waals surface area contributed by atoms with Crippen LogP contribution in [0.4, 0.5) is 4.79 Å². The smallest absolute Gasteiger partial charge is 0.315 e. The van der Waals surface area contributed by atoms with Crippen molar-refractivity contribution in [2.45, 2.75) is 32.7 Å². The van der Waals surface area contributed by atoms with Crippen molar-refractivity contribution in [3.63, 3.8) is 0 Å². The number of aliphatic carboxylic acids is 1. The Morgan fingerprint density at radius 2 is 1.89 bits per heavy atom. The fourth-order valence-corrected chi connectivity index (χ4v) is 1.41. The van der Waals surface area contributed by atoms with Crippen LogP contribution in [0.5, 0.6) is 0 Å². The molecule has 0 aliphatic rings. The third-order valence-corrected chi connectivity index (χ3v) is 2.48. The maximum absolute atomic E-state index is 11.4. The third-order valence-electron chi connectivity index (χ3n) is 2.48. The molecule has 4 N–H and O–H groups in total. The van der Waals surface area contributed by atoms with Crippen LogP contribution < -0.4 is 16.0 Å². The Balaban J connectivity index is 4.08. The largest absolute Gasteiger partial charge is 0.481 e. The zero-order valence-corrected chi connectivity index (χ0v) is 10.9. The lowest BCUT2D eigenvalue weighted by molar-refractivity contribution is -0.141. The fourth-order valence-electron chi connectivity index (χ4n) is 1.41. The number of nitrogens with one attached hydrogen (secondary N) is 3. The second-order valence-corrected chi connectivity index (χ2v) is 4.01. The molecule has 7 heteroatoms. The molecule has 0 spiro atoms. The summed E-state index contributed by atoms with van der Waals surface area (Å²) in [5, 5.41) is 16.1. The first kappa shape index (κ1) is 16.2. The molecule has 0 aliphatic carbocycles. The van der Waals surface area contributed by atoms with Crippen molar-refractivity contribution in [2.75, 3.05) is 13.6 Å². The predicted octanol–water partition coefficient (Wildman–Crippen LogP) is -0.0790. The van der Waals surface area contributed by atoms with Gasteiger partial charge in [0, 0.05) is 13.6 Å². The van der Waals surface area contributed by atoms with Gasteiger partial charge in [0.15, 0.2) is 0 Å². The maximum atomic E-state index is 11.4. The summed E-state index contributed by atoms with van der Waals surface area (Å²) in [5.41, 5.74) is 0. The summed E-state index contributed by atoms with van der Waals surface area (Å²) in [6.45, 7) is 3.47. The summed E-state index contributed by atoms with van der Waals surface area (Å²) in [4.78, 5) is 33.4. The van der Waals surface area contributed by atoms with Gasteiger partial charge in [-0.1, -0.05) is 13.3 Å². The Bertz CT molecular complexity index is 307. The fraction of sp³-hybridized carbons (Fsp3) is 0.727. The highest BCUT2D eigenvalue weighted by atomic mass is 16.4. The van der Waals surface area contributed by atoms with E-state index in [1.165, 1.54) is 7.05 Å². The second kappa shape index (κ2) is 8.32. The maximum Gasteiger partial charge on any atom is 0.315 e. The van der Waals surface area contributed by atoms with E-state index in [4.69, 9.17) is 5.11 Å². The number of urea groups is 1. The van der Waals surface area contributed by atoms with E-state index in [2.05, 4.69) is 16.0 Å². The molecule has 0 aromatic heterocycles. The molecular formula is C11H21N3O4. The minimum Gasteiger partial charge on any atom is -0.481 e. The highest BCUT2D eigenvalue weighted by Crippen LogP contribution is 2.04. The molecule has 0 bridgehead atoms. The molecule has 0 aromatic rings. The molecule has 104 valence electrons. The highest BCUT2D eigenvalue weighted by molar-refractivity contribution is 5.86. The van der Waals surface area contributed by atoms with Gasteiger partial charge in [0.25, 0.3) is 0 Å². The van der Waals surface area contributed by atoms with Gasteiger partial charge in [0.2, 0.25) is 5.91 Å². The number of carbonyl (C=O) groups excluding carboxylic acids is 2. The van der Waals surface area contributed by atoms with E-state index < -0.39 is 24.0 Å². The van der Waals surface area contributed by atoms with E-state index >= 15 is 0 Å². The van der Waals surface area contributed by atoms with Gasteiger partial charge in [-0.2, -0.15) is 0 Å². The highest BCUT2D eigenvalue weighted by Gasteiger charge is 2.18. The SMILES string of the molecule is CCCC(CNC(=O)NC(C)C(=O)NC)C(=O)O. The van der Waals surface area contributed by atoms with E-state index in [0.29, 0.717) is 6.42 Å². The lowest BCUT2D eigenvalue weighted by Gasteiger charge is -2.15. The van der Waals surface area contributed by atoms with E-state index in [-0.39, 0.29) is 12.5 Å². The Hall–Kier alpha value is -1.79. The summed E-state index contributed by atoms with van der Waals surface area (Å²) in [6, 6.07) is -1.21. The molecule has 0 aliphatic heterocycles. The molecule has 0 rings (SSSR count). The van der Waals surface area contributed by atoms with Crippen LogP contribution in [0.3, 0.4) is 0 Å². The van der Waals surface area contributed by atoms with Crippen molar-refractivity contribution in [1.82, 2.24) is 16.0 Å². The number of amides is 3. The first-order valence-electron chi connectivity index (χ1n) is 5.91. The standard InChI is InChI=1S/C11H21N3O4/c1-4-5-8(10(16)17)6-13-11(18)14-7(2)9(15)12-3/h7-8H,4-6H2,1-3H3,(H,12,15)(H,16,17)(H2,13,14,18). The topological polar surface area (TPSA) is 108 Å². The molecule has 0 fully saturated rings. The van der Waals surface area contributed by atoms with Gasteiger partial charge in [-0.15, -0.1) is 0 Å². The van der Waals surface area contributed by atoms with Crippen LogP contribution >= 0.6 is 0 Å². The van der Waals surface area contributed by atoms with Crippen molar-refractivity contribution >= 4 is 17.9 Å². The number of carboxylic acids is 1. The number of hydrogen-bond acceptors (Lipinski definition) is 3.